The van der Waals surface area contributed by atoms with E-state index in [4.69, 9.17) is 0 Å². The molecule has 3 heteroatoms. The van der Waals surface area contributed by atoms with E-state index in [-0.39, 0.29) is 0 Å². The summed E-state index contributed by atoms with van der Waals surface area (Å²) < 4.78 is 4.16. The molecule has 0 fully saturated rings. The average Bonchev–Trinajstić information content (AvgIpc) is 2.54. The lowest BCUT2D eigenvalue weighted by Gasteiger charge is -1.81. The van der Waals surface area contributed by atoms with E-state index in [1.54, 1.807) is 0 Å². The largest absolute Gasteiger partial charge is 0.243 e. The molecule has 0 N–H and O–H groups in total. The maximum atomic E-state index is 2.22. The van der Waals surface area contributed by atoms with E-state index in [2.05, 4.69) is 37.9 Å². The molecule has 13 heavy (non-hydrogen) atoms. The Hall–Kier alpha value is -0.360. The van der Waals surface area contributed by atoms with Crippen molar-refractivity contribution in [1.29, 1.82) is 0 Å². The minimum Gasteiger partial charge on any atom is -0.240 e. The van der Waals surface area contributed by atoms with E-state index in [1.807, 2.05) is 17.8 Å². The lowest BCUT2D eigenvalue weighted by atomic mass is 10.7. The summed E-state index contributed by atoms with van der Waals surface area (Å²) in [6.45, 7) is 7.63. The predicted octanol–water partition coefficient (Wildman–Crippen LogP) is 2.04. The van der Waals surface area contributed by atoms with Crippen molar-refractivity contribution in [3.8, 4) is 0 Å². The van der Waals surface area contributed by atoms with Crippen LogP contribution >= 0.6 is 8.58 Å². The topological polar surface area (TPSA) is 8.81 Å². The average molecular weight is 201 g/mol. The fourth-order valence-corrected chi connectivity index (χ4v) is 1.44. The summed E-state index contributed by atoms with van der Waals surface area (Å²) in [5.74, 6) is 0. The molecule has 1 aromatic rings. The highest BCUT2D eigenvalue weighted by molar-refractivity contribution is 7.37. The minimum absolute atomic E-state index is 1.06. The van der Waals surface area contributed by atoms with Crippen LogP contribution < -0.4 is 4.57 Å². The molecule has 0 aliphatic rings. The van der Waals surface area contributed by atoms with Crippen molar-refractivity contribution in [2.75, 3.05) is 12.3 Å². The Morgan fingerprint density at radius 2 is 1.85 bits per heavy atom. The van der Waals surface area contributed by atoms with E-state index in [0.29, 0.717) is 0 Å². The molecule has 0 aliphatic carbocycles. The van der Waals surface area contributed by atoms with Gasteiger partial charge in [0.05, 0.1) is 13.6 Å². The molecule has 0 unspecified atom stereocenters. The quantitative estimate of drug-likeness (QED) is 0.522. The maximum Gasteiger partial charge on any atom is 0.243 e. The van der Waals surface area contributed by atoms with Gasteiger partial charge in [-0.25, -0.2) is 9.13 Å². The summed E-state index contributed by atoms with van der Waals surface area (Å²) in [6.07, 6.45) is 8.89. The van der Waals surface area contributed by atoms with Crippen LogP contribution in [0.1, 0.15) is 20.8 Å². The number of hydrogen-bond donors (Lipinski definition) is 0. The smallest absolute Gasteiger partial charge is 0.240 e. The highest BCUT2D eigenvalue weighted by Gasteiger charge is 1.92. The predicted molar refractivity (Wildman–Crippen MR) is 60.7 cm³/mol. The van der Waals surface area contributed by atoms with Crippen LogP contribution in [0.4, 0.5) is 0 Å². The normalized spacial score (nSPS) is 9.23. The fourth-order valence-electron chi connectivity index (χ4n) is 0.939. The monoisotopic (exact) mass is 201 g/mol. The molecule has 0 saturated carbocycles. The molecule has 0 aliphatic heterocycles. The molecule has 0 saturated heterocycles. The maximum absolute atomic E-state index is 2.22. The number of rotatable bonds is 3. The van der Waals surface area contributed by atoms with E-state index < -0.39 is 0 Å². The summed E-state index contributed by atoms with van der Waals surface area (Å²) in [5, 5.41) is 0. The lowest BCUT2D eigenvalue weighted by molar-refractivity contribution is -0.671. The molecular formula is C10H22N2P+. The Balaban J connectivity index is 0.000000252. The second kappa shape index (κ2) is 8.25. The molecule has 0 radical (unpaired) electrons. The Bertz CT molecular complexity index is 206. The van der Waals surface area contributed by atoms with Crippen molar-refractivity contribution in [1.82, 2.24) is 4.57 Å². The van der Waals surface area contributed by atoms with E-state index in [0.717, 1.165) is 6.54 Å². The van der Waals surface area contributed by atoms with Crippen molar-refractivity contribution in [2.24, 2.45) is 7.05 Å². The third-order valence-electron chi connectivity index (χ3n) is 1.69. The fraction of sp³-hybridized carbons (Fsp3) is 0.700. The van der Waals surface area contributed by atoms with Gasteiger partial charge in [0.1, 0.15) is 12.4 Å². The van der Waals surface area contributed by atoms with Gasteiger partial charge in [-0.2, -0.15) is 0 Å². The molecule has 0 spiro atoms. The van der Waals surface area contributed by atoms with Crippen LogP contribution in [-0.4, -0.2) is 16.9 Å². The molecule has 0 bridgehead atoms. The van der Waals surface area contributed by atoms with Crippen LogP contribution in [0.5, 0.6) is 0 Å². The first-order valence-electron chi connectivity index (χ1n) is 4.96. The Kier molecular flexibility index (Phi) is 8.02. The summed E-state index contributed by atoms with van der Waals surface area (Å²) in [6, 6.07) is 0. The van der Waals surface area contributed by atoms with Gasteiger partial charge >= 0.3 is 0 Å². The highest BCUT2D eigenvalue weighted by atomic mass is 31.1. The Morgan fingerprint density at radius 1 is 1.23 bits per heavy atom. The van der Waals surface area contributed by atoms with Crippen LogP contribution in [-0.2, 0) is 13.6 Å². The molecule has 0 aromatic carbocycles. The summed E-state index contributed by atoms with van der Waals surface area (Å²) in [5.41, 5.74) is 0. The van der Waals surface area contributed by atoms with Gasteiger partial charge in [-0.3, -0.25) is 0 Å². The third kappa shape index (κ3) is 6.77. The molecule has 76 valence electrons. The van der Waals surface area contributed by atoms with Gasteiger partial charge in [0.2, 0.25) is 6.33 Å². The molecule has 1 heterocycles. The number of imidazole rings is 1. The van der Waals surface area contributed by atoms with E-state index in [9.17, 15) is 0 Å². The first-order valence-corrected chi connectivity index (χ1v) is 6.37. The second-order valence-electron chi connectivity index (χ2n) is 2.87. The van der Waals surface area contributed by atoms with Crippen molar-refractivity contribution in [3.63, 3.8) is 0 Å². The van der Waals surface area contributed by atoms with E-state index in [1.165, 1.54) is 20.9 Å². The number of aryl methyl sites for hydroxylation is 2. The first kappa shape index (κ1) is 12.6. The summed E-state index contributed by atoms with van der Waals surface area (Å²) >= 11 is 0. The van der Waals surface area contributed by atoms with Crippen LogP contribution in [0.2, 0.25) is 0 Å². The lowest BCUT2D eigenvalue weighted by Crippen LogP contribution is -2.23. The zero-order chi connectivity index (χ0) is 10.1. The first-order chi connectivity index (χ1) is 6.24. The zero-order valence-corrected chi connectivity index (χ0v) is 10.2. The highest BCUT2D eigenvalue weighted by Crippen LogP contribution is 2.03. The molecular weight excluding hydrogens is 179 g/mol. The number of hydrogen-bond acceptors (Lipinski definition) is 0. The summed E-state index contributed by atoms with van der Waals surface area (Å²) in [7, 11) is 3.22. The zero-order valence-electron chi connectivity index (χ0n) is 9.25. The van der Waals surface area contributed by atoms with Crippen LogP contribution in [0, 0.1) is 0 Å². The molecule has 1 aromatic heterocycles. The van der Waals surface area contributed by atoms with Gasteiger partial charge in [-0.05, 0) is 19.2 Å². The van der Waals surface area contributed by atoms with Gasteiger partial charge in [0.15, 0.2) is 0 Å². The van der Waals surface area contributed by atoms with Gasteiger partial charge < -0.3 is 0 Å². The van der Waals surface area contributed by atoms with Gasteiger partial charge in [0.25, 0.3) is 0 Å². The SMILES string of the molecule is CCPCC.CCn1cc[n+](C)c1. The van der Waals surface area contributed by atoms with Crippen molar-refractivity contribution in [3.05, 3.63) is 18.7 Å². The van der Waals surface area contributed by atoms with E-state index >= 15 is 0 Å². The van der Waals surface area contributed by atoms with Crippen LogP contribution in [0.25, 0.3) is 0 Å². The van der Waals surface area contributed by atoms with Crippen LogP contribution in [0.3, 0.4) is 0 Å². The third-order valence-corrected chi connectivity index (χ3v) is 2.69. The van der Waals surface area contributed by atoms with Crippen molar-refractivity contribution in [2.45, 2.75) is 27.3 Å². The molecule has 0 atom stereocenters. The molecule has 1 rings (SSSR count). The number of nitrogens with zero attached hydrogens (tertiary/aromatic N) is 2. The molecule has 0 amide bonds. The van der Waals surface area contributed by atoms with Gasteiger partial charge in [-0.1, -0.05) is 13.8 Å². The second-order valence-corrected chi connectivity index (χ2v) is 4.78. The van der Waals surface area contributed by atoms with Gasteiger partial charge in [-0.15, -0.1) is 8.58 Å². The van der Waals surface area contributed by atoms with Crippen molar-refractivity contribution < 1.29 is 4.57 Å². The number of aromatic nitrogens is 2. The standard InChI is InChI=1S/C6H11N2.C4H11P/c1-3-8-5-4-7(2)6-8;1-3-5-4-2/h4-6H,3H2,1-2H3;5H,3-4H2,1-2H3/q+1;. The van der Waals surface area contributed by atoms with Gasteiger partial charge in [0, 0.05) is 0 Å². The Labute approximate surface area is 83.8 Å². The minimum atomic E-state index is 1.06. The molecule has 2 nitrogen and oxygen atoms in total. The van der Waals surface area contributed by atoms with Crippen LogP contribution in [0.15, 0.2) is 18.7 Å². The Morgan fingerprint density at radius 3 is 2.00 bits per heavy atom. The summed E-state index contributed by atoms with van der Waals surface area (Å²) in [4.78, 5) is 0. The van der Waals surface area contributed by atoms with Crippen molar-refractivity contribution >= 4 is 8.58 Å².